The van der Waals surface area contributed by atoms with Crippen molar-refractivity contribution in [2.24, 2.45) is 5.92 Å². The van der Waals surface area contributed by atoms with Crippen LogP contribution in [0, 0.1) is 12.8 Å². The van der Waals surface area contributed by atoms with Crippen LogP contribution < -0.4 is 5.32 Å². The first-order valence-electron chi connectivity index (χ1n) is 6.58. The molecule has 2 rings (SSSR count). The van der Waals surface area contributed by atoms with Crippen LogP contribution >= 0.6 is 15.9 Å². The number of benzene rings is 1. The van der Waals surface area contributed by atoms with Crippen LogP contribution in [0.25, 0.3) is 5.69 Å². The van der Waals surface area contributed by atoms with Gasteiger partial charge in [-0.1, -0.05) is 35.8 Å². The zero-order valence-electron chi connectivity index (χ0n) is 11.7. The Hall–Kier alpha value is -1.13. The SMILES string of the molecule is Cc1ccn(-c2cc(Br)ccc2CNCC(C)C)n1. The first kappa shape index (κ1) is 14.3. The largest absolute Gasteiger partial charge is 0.312 e. The number of hydrogen-bond donors (Lipinski definition) is 1. The summed E-state index contributed by atoms with van der Waals surface area (Å²) in [6.07, 6.45) is 2.00. The molecular formula is C15H20BrN3. The predicted octanol–water partition coefficient (Wildman–Crippen LogP) is 3.69. The summed E-state index contributed by atoms with van der Waals surface area (Å²) in [4.78, 5) is 0. The van der Waals surface area contributed by atoms with Gasteiger partial charge in [0.05, 0.1) is 11.4 Å². The summed E-state index contributed by atoms with van der Waals surface area (Å²) in [6.45, 7) is 8.32. The lowest BCUT2D eigenvalue weighted by Gasteiger charge is -2.12. The third-order valence-electron chi connectivity index (χ3n) is 2.88. The van der Waals surface area contributed by atoms with Crippen molar-refractivity contribution in [2.75, 3.05) is 6.54 Å². The molecule has 19 heavy (non-hydrogen) atoms. The van der Waals surface area contributed by atoms with Crippen LogP contribution in [0.3, 0.4) is 0 Å². The van der Waals surface area contributed by atoms with E-state index < -0.39 is 0 Å². The Morgan fingerprint density at radius 1 is 1.32 bits per heavy atom. The smallest absolute Gasteiger partial charge is 0.0701 e. The van der Waals surface area contributed by atoms with E-state index in [0.717, 1.165) is 28.9 Å². The van der Waals surface area contributed by atoms with Crippen molar-refractivity contribution in [3.05, 3.63) is 46.2 Å². The summed E-state index contributed by atoms with van der Waals surface area (Å²) in [5.41, 5.74) is 3.41. The fraction of sp³-hybridized carbons (Fsp3) is 0.400. The molecule has 0 unspecified atom stereocenters. The maximum Gasteiger partial charge on any atom is 0.0701 e. The summed E-state index contributed by atoms with van der Waals surface area (Å²) < 4.78 is 3.01. The molecule has 2 aromatic rings. The van der Waals surface area contributed by atoms with Gasteiger partial charge < -0.3 is 5.32 Å². The van der Waals surface area contributed by atoms with Crippen molar-refractivity contribution in [2.45, 2.75) is 27.3 Å². The van der Waals surface area contributed by atoms with Gasteiger partial charge in [-0.15, -0.1) is 0 Å². The molecule has 1 aromatic carbocycles. The van der Waals surface area contributed by atoms with Gasteiger partial charge in [-0.3, -0.25) is 0 Å². The Labute approximate surface area is 123 Å². The third kappa shape index (κ3) is 3.91. The van der Waals surface area contributed by atoms with E-state index in [1.165, 1.54) is 5.56 Å². The number of aryl methyl sites for hydroxylation is 1. The molecule has 3 nitrogen and oxygen atoms in total. The van der Waals surface area contributed by atoms with E-state index in [2.05, 4.69) is 58.4 Å². The normalized spacial score (nSPS) is 11.2. The summed E-state index contributed by atoms with van der Waals surface area (Å²) in [7, 11) is 0. The molecule has 1 N–H and O–H groups in total. The topological polar surface area (TPSA) is 29.9 Å². The Morgan fingerprint density at radius 2 is 2.11 bits per heavy atom. The minimum Gasteiger partial charge on any atom is -0.312 e. The molecule has 0 aliphatic carbocycles. The van der Waals surface area contributed by atoms with Crippen LogP contribution in [0.5, 0.6) is 0 Å². The van der Waals surface area contributed by atoms with Gasteiger partial charge in [-0.2, -0.15) is 5.10 Å². The number of nitrogens with zero attached hydrogens (tertiary/aromatic N) is 2. The molecule has 0 bridgehead atoms. The van der Waals surface area contributed by atoms with E-state index in [-0.39, 0.29) is 0 Å². The molecule has 4 heteroatoms. The minimum atomic E-state index is 0.658. The fourth-order valence-corrected chi connectivity index (χ4v) is 2.29. The first-order valence-corrected chi connectivity index (χ1v) is 7.37. The zero-order valence-corrected chi connectivity index (χ0v) is 13.2. The monoisotopic (exact) mass is 321 g/mol. The van der Waals surface area contributed by atoms with Crippen LogP contribution in [-0.4, -0.2) is 16.3 Å². The molecule has 0 spiro atoms. The molecule has 0 amide bonds. The molecule has 0 saturated heterocycles. The van der Waals surface area contributed by atoms with Gasteiger partial charge >= 0.3 is 0 Å². The second-order valence-corrected chi connectivity index (χ2v) is 6.12. The summed E-state index contributed by atoms with van der Waals surface area (Å²) in [5.74, 6) is 0.658. The summed E-state index contributed by atoms with van der Waals surface area (Å²) >= 11 is 3.53. The van der Waals surface area contributed by atoms with Gasteiger partial charge in [0, 0.05) is 17.2 Å². The maximum absolute atomic E-state index is 4.49. The zero-order chi connectivity index (χ0) is 13.8. The molecule has 0 aliphatic rings. The highest BCUT2D eigenvalue weighted by atomic mass is 79.9. The summed E-state index contributed by atoms with van der Waals surface area (Å²) in [6, 6.07) is 8.35. The van der Waals surface area contributed by atoms with Gasteiger partial charge in [0.15, 0.2) is 0 Å². The molecular weight excluding hydrogens is 302 g/mol. The highest BCUT2D eigenvalue weighted by Crippen LogP contribution is 2.20. The Morgan fingerprint density at radius 3 is 2.74 bits per heavy atom. The Balaban J connectivity index is 2.23. The number of rotatable bonds is 5. The van der Waals surface area contributed by atoms with Gasteiger partial charge in [0.2, 0.25) is 0 Å². The van der Waals surface area contributed by atoms with E-state index in [0.29, 0.717) is 5.92 Å². The highest BCUT2D eigenvalue weighted by Gasteiger charge is 2.07. The Kier molecular flexibility index (Phi) is 4.77. The van der Waals surface area contributed by atoms with Gasteiger partial charge in [0.1, 0.15) is 0 Å². The Bertz CT molecular complexity index is 546. The van der Waals surface area contributed by atoms with E-state index in [1.54, 1.807) is 0 Å². The molecule has 1 heterocycles. The molecule has 0 radical (unpaired) electrons. The minimum absolute atomic E-state index is 0.658. The number of halogens is 1. The van der Waals surface area contributed by atoms with Crippen LogP contribution in [0.4, 0.5) is 0 Å². The van der Waals surface area contributed by atoms with Crippen molar-refractivity contribution in [3.8, 4) is 5.69 Å². The maximum atomic E-state index is 4.49. The molecule has 1 aromatic heterocycles. The number of aromatic nitrogens is 2. The van der Waals surface area contributed by atoms with E-state index >= 15 is 0 Å². The number of hydrogen-bond acceptors (Lipinski definition) is 2. The lowest BCUT2D eigenvalue weighted by Crippen LogP contribution is -2.20. The average Bonchev–Trinajstić information content (AvgIpc) is 2.77. The van der Waals surface area contributed by atoms with Crippen LogP contribution in [0.15, 0.2) is 34.9 Å². The third-order valence-corrected chi connectivity index (χ3v) is 3.38. The quantitative estimate of drug-likeness (QED) is 0.910. The molecule has 0 fully saturated rings. The van der Waals surface area contributed by atoms with Crippen molar-refractivity contribution in [3.63, 3.8) is 0 Å². The van der Waals surface area contributed by atoms with Crippen LogP contribution in [0.2, 0.25) is 0 Å². The van der Waals surface area contributed by atoms with Crippen LogP contribution in [0.1, 0.15) is 25.1 Å². The van der Waals surface area contributed by atoms with E-state index in [1.807, 2.05) is 23.9 Å². The number of nitrogens with one attached hydrogen (secondary N) is 1. The van der Waals surface area contributed by atoms with Crippen molar-refractivity contribution in [1.29, 1.82) is 0 Å². The van der Waals surface area contributed by atoms with Crippen molar-refractivity contribution in [1.82, 2.24) is 15.1 Å². The molecule has 0 saturated carbocycles. The van der Waals surface area contributed by atoms with Crippen LogP contribution in [-0.2, 0) is 6.54 Å². The van der Waals surface area contributed by atoms with Crippen molar-refractivity contribution < 1.29 is 0 Å². The second-order valence-electron chi connectivity index (χ2n) is 5.20. The predicted molar refractivity (Wildman–Crippen MR) is 82.5 cm³/mol. The average molecular weight is 322 g/mol. The van der Waals surface area contributed by atoms with Gasteiger partial charge in [-0.25, -0.2) is 4.68 Å². The first-order chi connectivity index (χ1) is 9.06. The van der Waals surface area contributed by atoms with Crippen molar-refractivity contribution >= 4 is 15.9 Å². The highest BCUT2D eigenvalue weighted by molar-refractivity contribution is 9.10. The molecule has 0 aliphatic heterocycles. The van der Waals surface area contributed by atoms with E-state index in [4.69, 9.17) is 0 Å². The van der Waals surface area contributed by atoms with Gasteiger partial charge in [-0.05, 0) is 43.1 Å². The molecule has 102 valence electrons. The lowest BCUT2D eigenvalue weighted by atomic mass is 10.1. The molecule has 0 atom stereocenters. The standard InChI is InChI=1S/C15H20BrN3/c1-11(2)9-17-10-13-4-5-14(16)8-15(13)19-7-6-12(3)18-19/h4-8,11,17H,9-10H2,1-3H3. The van der Waals surface area contributed by atoms with Gasteiger partial charge in [0.25, 0.3) is 0 Å². The summed E-state index contributed by atoms with van der Waals surface area (Å²) in [5, 5.41) is 7.98. The fourth-order valence-electron chi connectivity index (χ4n) is 1.94. The second kappa shape index (κ2) is 6.35. The van der Waals surface area contributed by atoms with E-state index in [9.17, 15) is 0 Å². The lowest BCUT2D eigenvalue weighted by molar-refractivity contribution is 0.551.